The molecule has 0 aromatic carbocycles. The Hall–Kier alpha value is -0.240. The van der Waals surface area contributed by atoms with Crippen LogP contribution in [0.3, 0.4) is 0 Å². The van der Waals surface area contributed by atoms with E-state index in [9.17, 15) is 0 Å². The molecule has 2 N–H and O–H groups in total. The van der Waals surface area contributed by atoms with Gasteiger partial charge >= 0.3 is 0 Å². The van der Waals surface area contributed by atoms with Crippen LogP contribution in [-0.4, -0.2) is 23.7 Å². The molecule has 0 rings (SSSR count). The van der Waals surface area contributed by atoms with Crippen molar-refractivity contribution in [1.29, 1.82) is 0 Å². The molecule has 0 saturated heterocycles. The first-order valence-corrected chi connectivity index (χ1v) is 7.28. The Balaban J connectivity index is 2.88. The van der Waals surface area contributed by atoms with Crippen LogP contribution < -0.4 is 0 Å². The van der Waals surface area contributed by atoms with Crippen molar-refractivity contribution < 1.29 is 30.4 Å². The fourth-order valence-corrected chi connectivity index (χ4v) is 1.99. The quantitative estimate of drug-likeness (QED) is 0.251. The lowest BCUT2D eigenvalue weighted by Gasteiger charge is -2.02. The van der Waals surface area contributed by atoms with Crippen LogP contribution in [0, 0.1) is 0 Å². The molecule has 0 atom stereocenters. The van der Waals surface area contributed by atoms with E-state index < -0.39 is 0 Å². The summed E-state index contributed by atoms with van der Waals surface area (Å²) >= 11 is 0. The molecular weight excluding hydrogens is 252 g/mol. The van der Waals surface area contributed by atoms with Gasteiger partial charge in [0.15, 0.2) is 0 Å². The lowest BCUT2D eigenvalue weighted by atomic mass is 10.1. The van der Waals surface area contributed by atoms with Crippen molar-refractivity contribution in [2.45, 2.75) is 70.6 Å². The fourth-order valence-electron chi connectivity index (χ4n) is 1.99. The number of unbranched alkanes of at least 4 members (excludes halogenated alkanes) is 10. The molecule has 0 saturated carbocycles. The summed E-state index contributed by atoms with van der Waals surface area (Å²) in [5, 5.41) is 22.9. The zero-order chi connectivity index (χ0) is 14.0. The molecular formula is C13H28O6. The number of hydrogen-bond donors (Lipinski definition) is 2. The minimum Gasteiger partial charge on any atom is -0.221 e. The first-order chi connectivity index (χ1) is 9.41. The molecule has 0 fully saturated rings. The minimum absolute atomic E-state index is 0.460. The fraction of sp³-hybridized carbons (Fsp3) is 1.00. The van der Waals surface area contributed by atoms with Crippen molar-refractivity contribution in [2.24, 2.45) is 0 Å². The molecule has 0 aromatic rings. The molecule has 0 bridgehead atoms. The van der Waals surface area contributed by atoms with Gasteiger partial charge in [-0.3, -0.25) is 0 Å². The van der Waals surface area contributed by atoms with E-state index in [4.69, 9.17) is 10.5 Å². The Morgan fingerprint density at radius 2 is 0.684 bits per heavy atom. The van der Waals surface area contributed by atoms with Crippen LogP contribution >= 0.6 is 0 Å². The summed E-state index contributed by atoms with van der Waals surface area (Å²) in [6, 6.07) is 0. The monoisotopic (exact) mass is 280 g/mol. The van der Waals surface area contributed by atoms with Crippen LogP contribution in [0.1, 0.15) is 70.6 Å². The van der Waals surface area contributed by atoms with Gasteiger partial charge in [-0.25, -0.2) is 20.3 Å². The Kier molecular flexibility index (Phi) is 17.5. The molecule has 6 nitrogen and oxygen atoms in total. The molecule has 0 radical (unpaired) electrons. The molecule has 0 aliphatic rings. The van der Waals surface area contributed by atoms with Crippen molar-refractivity contribution in [3.8, 4) is 0 Å². The van der Waals surface area contributed by atoms with E-state index in [0.29, 0.717) is 13.2 Å². The van der Waals surface area contributed by atoms with Gasteiger partial charge in [-0.1, -0.05) is 67.9 Å². The Morgan fingerprint density at radius 1 is 0.421 bits per heavy atom. The van der Waals surface area contributed by atoms with E-state index in [1.807, 2.05) is 0 Å². The van der Waals surface area contributed by atoms with Gasteiger partial charge in [0.1, 0.15) is 0 Å². The van der Waals surface area contributed by atoms with Gasteiger partial charge in [-0.15, -0.1) is 0 Å². The SMILES string of the molecule is OOOCCCCCCCCCCCCCOOO. The van der Waals surface area contributed by atoms with Gasteiger partial charge < -0.3 is 0 Å². The van der Waals surface area contributed by atoms with E-state index in [-0.39, 0.29) is 0 Å². The molecule has 19 heavy (non-hydrogen) atoms. The summed E-state index contributed by atoms with van der Waals surface area (Å²) in [4.78, 5) is 8.73. The van der Waals surface area contributed by atoms with Gasteiger partial charge in [-0.2, -0.15) is 0 Å². The maximum absolute atomic E-state index is 7.92. The third-order valence-electron chi connectivity index (χ3n) is 3.06. The van der Waals surface area contributed by atoms with Crippen molar-refractivity contribution in [2.75, 3.05) is 13.2 Å². The standard InChI is InChI=1S/C13H28O6/c14-18-16-12-10-8-6-4-2-1-3-5-7-9-11-13-17-19-15/h14-15H,1-13H2. The van der Waals surface area contributed by atoms with Crippen LogP contribution in [-0.2, 0) is 19.9 Å². The van der Waals surface area contributed by atoms with E-state index in [1.54, 1.807) is 0 Å². The Morgan fingerprint density at radius 3 is 0.947 bits per heavy atom. The second-order valence-corrected chi connectivity index (χ2v) is 4.68. The Labute approximate surface area is 115 Å². The lowest BCUT2D eigenvalue weighted by Crippen LogP contribution is -1.93. The second-order valence-electron chi connectivity index (χ2n) is 4.68. The summed E-state index contributed by atoms with van der Waals surface area (Å²) in [6.45, 7) is 0.920. The number of hydrogen-bond acceptors (Lipinski definition) is 6. The molecule has 116 valence electrons. The molecule has 0 aromatic heterocycles. The largest absolute Gasteiger partial charge is 0.221 e. The van der Waals surface area contributed by atoms with Crippen LogP contribution in [0.4, 0.5) is 0 Å². The third kappa shape index (κ3) is 17.8. The second kappa shape index (κ2) is 17.8. The molecule has 6 heteroatoms. The molecule has 0 amide bonds. The maximum atomic E-state index is 7.92. The summed E-state index contributed by atoms with van der Waals surface area (Å²) < 4.78 is 0. The highest BCUT2D eigenvalue weighted by Crippen LogP contribution is 2.11. The van der Waals surface area contributed by atoms with Crippen LogP contribution in [0.15, 0.2) is 0 Å². The van der Waals surface area contributed by atoms with Gasteiger partial charge in [-0.05, 0) is 12.8 Å². The van der Waals surface area contributed by atoms with Crippen LogP contribution in [0.5, 0.6) is 0 Å². The van der Waals surface area contributed by atoms with E-state index in [1.165, 1.54) is 44.9 Å². The highest BCUT2D eigenvalue weighted by atomic mass is 17.5. The first-order valence-electron chi connectivity index (χ1n) is 7.28. The molecule has 0 aliphatic heterocycles. The highest BCUT2D eigenvalue weighted by molar-refractivity contribution is 4.48. The zero-order valence-electron chi connectivity index (χ0n) is 11.7. The van der Waals surface area contributed by atoms with Crippen molar-refractivity contribution in [3.63, 3.8) is 0 Å². The minimum atomic E-state index is 0.460. The Bertz CT molecular complexity index is 140. The maximum Gasteiger partial charge on any atom is 0.0853 e. The lowest BCUT2D eigenvalue weighted by molar-refractivity contribution is -0.490. The van der Waals surface area contributed by atoms with E-state index in [2.05, 4.69) is 19.9 Å². The summed E-state index contributed by atoms with van der Waals surface area (Å²) in [5.41, 5.74) is 0. The number of rotatable bonds is 16. The summed E-state index contributed by atoms with van der Waals surface area (Å²) in [6.07, 6.45) is 12.9. The van der Waals surface area contributed by atoms with Gasteiger partial charge in [0.2, 0.25) is 0 Å². The van der Waals surface area contributed by atoms with E-state index in [0.717, 1.165) is 25.7 Å². The van der Waals surface area contributed by atoms with Crippen molar-refractivity contribution in [1.82, 2.24) is 0 Å². The average Bonchev–Trinajstić information content (AvgIpc) is 2.43. The van der Waals surface area contributed by atoms with Crippen LogP contribution in [0.2, 0.25) is 0 Å². The van der Waals surface area contributed by atoms with E-state index >= 15 is 0 Å². The molecule has 0 spiro atoms. The van der Waals surface area contributed by atoms with Gasteiger partial charge in [0.05, 0.1) is 13.2 Å². The molecule has 0 heterocycles. The average molecular weight is 280 g/mol. The smallest absolute Gasteiger partial charge is 0.0853 e. The summed E-state index contributed by atoms with van der Waals surface area (Å²) in [5.74, 6) is 0. The predicted molar refractivity (Wildman–Crippen MR) is 70.1 cm³/mol. The van der Waals surface area contributed by atoms with Crippen molar-refractivity contribution >= 4 is 0 Å². The summed E-state index contributed by atoms with van der Waals surface area (Å²) in [7, 11) is 0. The third-order valence-corrected chi connectivity index (χ3v) is 3.06. The predicted octanol–water partition coefficient (Wildman–Crippen LogP) is 4.12. The first kappa shape index (κ1) is 18.8. The zero-order valence-corrected chi connectivity index (χ0v) is 11.7. The van der Waals surface area contributed by atoms with Gasteiger partial charge in [0.25, 0.3) is 0 Å². The van der Waals surface area contributed by atoms with Crippen LogP contribution in [0.25, 0.3) is 0 Å². The van der Waals surface area contributed by atoms with Crippen molar-refractivity contribution in [3.05, 3.63) is 0 Å². The highest BCUT2D eigenvalue weighted by Gasteiger charge is 1.94. The molecule has 0 unspecified atom stereocenters. The topological polar surface area (TPSA) is 77.4 Å². The van der Waals surface area contributed by atoms with Gasteiger partial charge in [0, 0.05) is 0 Å². The normalized spacial score (nSPS) is 11.1. The molecule has 0 aliphatic carbocycles.